The molecule has 0 aliphatic rings. The predicted octanol–water partition coefficient (Wildman–Crippen LogP) is 4.90. The number of hydrogen-bond donors (Lipinski definition) is 1. The van der Waals surface area contributed by atoms with E-state index in [0.717, 1.165) is 22.9 Å². The van der Waals surface area contributed by atoms with Gasteiger partial charge < -0.3 is 10.1 Å². The van der Waals surface area contributed by atoms with E-state index in [1.165, 1.54) is 11.1 Å². The minimum atomic E-state index is 0.273. The third kappa shape index (κ3) is 4.48. The van der Waals surface area contributed by atoms with E-state index in [1.54, 1.807) is 0 Å². The van der Waals surface area contributed by atoms with Gasteiger partial charge in [-0.3, -0.25) is 0 Å². The van der Waals surface area contributed by atoms with Gasteiger partial charge in [-0.25, -0.2) is 0 Å². The van der Waals surface area contributed by atoms with Crippen molar-refractivity contribution in [3.05, 3.63) is 64.2 Å². The Labute approximate surface area is 132 Å². The smallest absolute Gasteiger partial charge is 0.124 e. The lowest BCUT2D eigenvalue weighted by molar-refractivity contribution is 0.300. The molecule has 2 rings (SSSR count). The molecule has 0 heterocycles. The first-order chi connectivity index (χ1) is 10.1. The van der Waals surface area contributed by atoms with E-state index in [9.17, 15) is 0 Å². The van der Waals surface area contributed by atoms with Gasteiger partial charge in [-0.15, -0.1) is 0 Å². The van der Waals surface area contributed by atoms with Gasteiger partial charge in [-0.05, 0) is 44.2 Å². The summed E-state index contributed by atoms with van der Waals surface area (Å²) in [7, 11) is 0. The van der Waals surface area contributed by atoms with Crippen molar-refractivity contribution in [2.75, 3.05) is 6.54 Å². The first kappa shape index (κ1) is 15.9. The highest BCUT2D eigenvalue weighted by Gasteiger charge is 2.11. The molecule has 1 atom stereocenters. The molecule has 0 saturated carbocycles. The molecule has 1 unspecified atom stereocenters. The van der Waals surface area contributed by atoms with E-state index < -0.39 is 0 Å². The fraction of sp³-hybridized carbons (Fsp3) is 0.333. The molecule has 2 aromatic carbocycles. The fourth-order valence-corrected chi connectivity index (χ4v) is 2.42. The van der Waals surface area contributed by atoms with Crippen molar-refractivity contribution < 1.29 is 4.74 Å². The molecule has 0 fully saturated rings. The minimum Gasteiger partial charge on any atom is -0.489 e. The Hall–Kier alpha value is -1.51. The molecule has 0 bridgehead atoms. The Balaban J connectivity index is 2.13. The lowest BCUT2D eigenvalue weighted by Gasteiger charge is -2.18. The average Bonchev–Trinajstić information content (AvgIpc) is 2.48. The zero-order valence-electron chi connectivity index (χ0n) is 12.8. The van der Waals surface area contributed by atoms with Crippen molar-refractivity contribution in [3.8, 4) is 5.75 Å². The molecule has 21 heavy (non-hydrogen) atoms. The van der Waals surface area contributed by atoms with Gasteiger partial charge in [0, 0.05) is 16.6 Å². The summed E-state index contributed by atoms with van der Waals surface area (Å²) in [5, 5.41) is 4.18. The van der Waals surface area contributed by atoms with Crippen LogP contribution in [0.3, 0.4) is 0 Å². The largest absolute Gasteiger partial charge is 0.489 e. The number of nitrogens with one attached hydrogen (secondary N) is 1. The Bertz CT molecular complexity index is 580. The highest BCUT2D eigenvalue weighted by molar-refractivity contribution is 6.30. The number of halogens is 1. The van der Waals surface area contributed by atoms with Crippen molar-refractivity contribution in [3.63, 3.8) is 0 Å². The maximum absolute atomic E-state index is 6.00. The number of hydrogen-bond acceptors (Lipinski definition) is 2. The zero-order chi connectivity index (χ0) is 15.2. The van der Waals surface area contributed by atoms with Gasteiger partial charge in [-0.1, -0.05) is 48.4 Å². The fourth-order valence-electron chi connectivity index (χ4n) is 2.30. The molecular weight excluding hydrogens is 282 g/mol. The summed E-state index contributed by atoms with van der Waals surface area (Å²) < 4.78 is 6.00. The van der Waals surface area contributed by atoms with Gasteiger partial charge in [-0.2, -0.15) is 0 Å². The Morgan fingerprint density at radius 1 is 1.14 bits per heavy atom. The molecule has 0 amide bonds. The maximum atomic E-state index is 6.00. The minimum absolute atomic E-state index is 0.273. The maximum Gasteiger partial charge on any atom is 0.124 e. The quantitative estimate of drug-likeness (QED) is 0.819. The van der Waals surface area contributed by atoms with Crippen molar-refractivity contribution in [1.82, 2.24) is 5.32 Å². The summed E-state index contributed by atoms with van der Waals surface area (Å²) in [6.45, 7) is 7.86. The van der Waals surface area contributed by atoms with E-state index in [0.29, 0.717) is 6.61 Å². The van der Waals surface area contributed by atoms with Crippen LogP contribution < -0.4 is 10.1 Å². The monoisotopic (exact) mass is 303 g/mol. The number of ether oxygens (including phenoxy) is 1. The van der Waals surface area contributed by atoms with Crippen LogP contribution in [-0.2, 0) is 6.61 Å². The SMILES string of the molecule is CCNC(C)c1cc(C)ccc1OCc1ccc(Cl)cc1. The van der Waals surface area contributed by atoms with Crippen molar-refractivity contribution >= 4 is 11.6 Å². The van der Waals surface area contributed by atoms with Crippen LogP contribution in [0.4, 0.5) is 0 Å². The summed E-state index contributed by atoms with van der Waals surface area (Å²) >= 11 is 5.90. The Kier molecular flexibility index (Phi) is 5.66. The van der Waals surface area contributed by atoms with Crippen molar-refractivity contribution in [1.29, 1.82) is 0 Å². The van der Waals surface area contributed by atoms with E-state index in [-0.39, 0.29) is 6.04 Å². The number of aryl methyl sites for hydroxylation is 1. The van der Waals surface area contributed by atoms with Crippen LogP contribution in [0, 0.1) is 6.92 Å². The molecule has 0 aliphatic carbocycles. The molecular formula is C18H22ClNO. The second-order valence-electron chi connectivity index (χ2n) is 5.24. The molecule has 2 aromatic rings. The molecule has 1 N–H and O–H groups in total. The average molecular weight is 304 g/mol. The normalized spacial score (nSPS) is 12.2. The molecule has 2 nitrogen and oxygen atoms in total. The van der Waals surface area contributed by atoms with Crippen LogP contribution >= 0.6 is 11.6 Å². The van der Waals surface area contributed by atoms with Crippen LogP contribution in [0.15, 0.2) is 42.5 Å². The highest BCUT2D eigenvalue weighted by Crippen LogP contribution is 2.27. The van der Waals surface area contributed by atoms with Gasteiger partial charge in [0.15, 0.2) is 0 Å². The van der Waals surface area contributed by atoms with Crippen LogP contribution in [0.2, 0.25) is 5.02 Å². The van der Waals surface area contributed by atoms with Crippen LogP contribution in [0.25, 0.3) is 0 Å². The van der Waals surface area contributed by atoms with E-state index in [1.807, 2.05) is 24.3 Å². The van der Waals surface area contributed by atoms with Gasteiger partial charge in [0.25, 0.3) is 0 Å². The second-order valence-corrected chi connectivity index (χ2v) is 5.67. The van der Waals surface area contributed by atoms with Crippen LogP contribution in [0.1, 0.15) is 36.6 Å². The molecule has 0 spiro atoms. The Morgan fingerprint density at radius 2 is 1.86 bits per heavy atom. The van der Waals surface area contributed by atoms with Crippen LogP contribution in [0.5, 0.6) is 5.75 Å². The molecule has 0 aromatic heterocycles. The lowest BCUT2D eigenvalue weighted by atomic mass is 10.0. The van der Waals surface area contributed by atoms with Gasteiger partial charge >= 0.3 is 0 Å². The third-order valence-corrected chi connectivity index (χ3v) is 3.70. The molecule has 0 radical (unpaired) electrons. The topological polar surface area (TPSA) is 21.3 Å². The Morgan fingerprint density at radius 3 is 2.52 bits per heavy atom. The first-order valence-electron chi connectivity index (χ1n) is 7.31. The van der Waals surface area contributed by atoms with E-state index in [4.69, 9.17) is 16.3 Å². The molecule has 0 saturated heterocycles. The third-order valence-electron chi connectivity index (χ3n) is 3.45. The summed E-state index contributed by atoms with van der Waals surface area (Å²) in [6, 6.07) is 14.3. The summed E-state index contributed by atoms with van der Waals surface area (Å²) in [6.07, 6.45) is 0. The van der Waals surface area contributed by atoms with Crippen molar-refractivity contribution in [2.24, 2.45) is 0 Å². The summed E-state index contributed by atoms with van der Waals surface area (Å²) in [5.74, 6) is 0.934. The van der Waals surface area contributed by atoms with E-state index >= 15 is 0 Å². The van der Waals surface area contributed by atoms with Crippen molar-refractivity contribution in [2.45, 2.75) is 33.4 Å². The first-order valence-corrected chi connectivity index (χ1v) is 7.69. The zero-order valence-corrected chi connectivity index (χ0v) is 13.6. The highest BCUT2D eigenvalue weighted by atomic mass is 35.5. The summed E-state index contributed by atoms with van der Waals surface area (Å²) in [5.41, 5.74) is 3.56. The standard InChI is InChI=1S/C18H22ClNO/c1-4-20-14(3)17-11-13(2)5-10-18(17)21-12-15-6-8-16(19)9-7-15/h5-11,14,20H,4,12H2,1-3H3. The molecule has 3 heteroatoms. The van der Waals surface area contributed by atoms with Gasteiger partial charge in [0.1, 0.15) is 12.4 Å². The number of benzene rings is 2. The van der Waals surface area contributed by atoms with Gasteiger partial charge in [0.2, 0.25) is 0 Å². The predicted molar refractivity (Wildman–Crippen MR) is 89.1 cm³/mol. The van der Waals surface area contributed by atoms with Crippen LogP contribution in [-0.4, -0.2) is 6.54 Å². The van der Waals surface area contributed by atoms with E-state index in [2.05, 4.69) is 44.3 Å². The summed E-state index contributed by atoms with van der Waals surface area (Å²) in [4.78, 5) is 0. The second kappa shape index (κ2) is 7.48. The van der Waals surface area contributed by atoms with Gasteiger partial charge in [0.05, 0.1) is 0 Å². The molecule has 112 valence electrons. The molecule has 0 aliphatic heterocycles. The number of rotatable bonds is 6. The lowest BCUT2D eigenvalue weighted by Crippen LogP contribution is -2.18.